The lowest BCUT2D eigenvalue weighted by Crippen LogP contribution is -2.44. The van der Waals surface area contributed by atoms with Crippen molar-refractivity contribution < 1.29 is 9.53 Å². The second-order valence-corrected chi connectivity index (χ2v) is 10.5. The fraction of sp³-hybridized carbons (Fsp3) is 0.190. The molecule has 0 aliphatic rings. The normalized spacial score (nSPS) is 12.3. The van der Waals surface area contributed by atoms with Crippen LogP contribution in [0.3, 0.4) is 0 Å². The molecule has 2 aromatic carbocycles. The minimum atomic E-state index is -2.10. The lowest BCUT2D eigenvalue weighted by atomic mass is 10.1. The molecule has 0 aliphatic carbocycles. The zero-order valence-electron chi connectivity index (χ0n) is 14.6. The molecule has 0 aromatic heterocycles. The second-order valence-electron chi connectivity index (χ2n) is 6.19. The number of carbonyl (C=O) groups excluding carboxylic acids is 1. The molecule has 2 aromatic rings. The number of esters is 1. The molecule has 0 unspecified atom stereocenters. The number of benzene rings is 2. The average Bonchev–Trinajstić information content (AvgIpc) is 2.62. The van der Waals surface area contributed by atoms with Crippen LogP contribution < -0.4 is 5.19 Å². The van der Waals surface area contributed by atoms with Gasteiger partial charge in [0.15, 0.2) is 0 Å². The molecule has 0 heterocycles. The third-order valence-corrected chi connectivity index (χ3v) is 7.88. The number of methoxy groups -OCH3 is 1. The number of hydrogen-bond donors (Lipinski definition) is 0. The lowest BCUT2D eigenvalue weighted by Gasteiger charge is -2.29. The van der Waals surface area contributed by atoms with Crippen molar-refractivity contribution in [3.63, 3.8) is 0 Å². The summed E-state index contributed by atoms with van der Waals surface area (Å²) in [5.41, 5.74) is 1.79. The van der Waals surface area contributed by atoms with Gasteiger partial charge in [-0.05, 0) is 17.2 Å². The zero-order valence-corrected chi connectivity index (χ0v) is 15.6. The fourth-order valence-corrected chi connectivity index (χ4v) is 6.23. The number of hydrogen-bond acceptors (Lipinski definition) is 2. The second kappa shape index (κ2) is 7.93. The Labute approximate surface area is 145 Å². The standard InChI is InChI=1S/C21H24O2Si/c1-5-12-19(21(22)23-2)20(17-13-8-6-9-14-17)24(3,4)18-15-10-7-11-16-18/h5-11,13-16H,1,12H2,2-4H3/b20-19-. The van der Waals surface area contributed by atoms with Crippen LogP contribution in [0.4, 0.5) is 0 Å². The van der Waals surface area contributed by atoms with Crippen LogP contribution in [-0.4, -0.2) is 21.2 Å². The van der Waals surface area contributed by atoms with E-state index in [2.05, 4.69) is 56.1 Å². The van der Waals surface area contributed by atoms with Gasteiger partial charge in [0, 0.05) is 5.57 Å². The highest BCUT2D eigenvalue weighted by molar-refractivity contribution is 7.05. The maximum Gasteiger partial charge on any atom is 0.333 e. The Bertz CT molecular complexity index is 731. The third kappa shape index (κ3) is 3.74. The summed E-state index contributed by atoms with van der Waals surface area (Å²) in [5, 5.41) is 2.40. The van der Waals surface area contributed by atoms with Crippen molar-refractivity contribution in [3.05, 3.63) is 84.5 Å². The van der Waals surface area contributed by atoms with E-state index in [0.717, 1.165) is 10.8 Å². The summed E-state index contributed by atoms with van der Waals surface area (Å²) in [6.07, 6.45) is 2.27. The van der Waals surface area contributed by atoms with Crippen molar-refractivity contribution in [1.29, 1.82) is 0 Å². The van der Waals surface area contributed by atoms with Gasteiger partial charge in [-0.3, -0.25) is 0 Å². The lowest BCUT2D eigenvalue weighted by molar-refractivity contribution is -0.136. The number of rotatable bonds is 6. The summed E-state index contributed by atoms with van der Waals surface area (Å²) < 4.78 is 5.08. The molecule has 24 heavy (non-hydrogen) atoms. The smallest absolute Gasteiger partial charge is 0.333 e. The minimum absolute atomic E-state index is 0.273. The van der Waals surface area contributed by atoms with E-state index in [9.17, 15) is 4.79 Å². The van der Waals surface area contributed by atoms with Crippen LogP contribution in [0.1, 0.15) is 12.0 Å². The molecule has 124 valence electrons. The predicted octanol–water partition coefficient (Wildman–Crippen LogP) is 4.34. The summed E-state index contributed by atoms with van der Waals surface area (Å²) >= 11 is 0. The molecule has 0 aliphatic heterocycles. The van der Waals surface area contributed by atoms with E-state index in [0.29, 0.717) is 12.0 Å². The van der Waals surface area contributed by atoms with Crippen LogP contribution in [0.2, 0.25) is 13.1 Å². The van der Waals surface area contributed by atoms with Crippen molar-refractivity contribution in [2.24, 2.45) is 0 Å². The van der Waals surface area contributed by atoms with Gasteiger partial charge in [0.1, 0.15) is 8.07 Å². The monoisotopic (exact) mass is 336 g/mol. The molecular weight excluding hydrogens is 312 g/mol. The van der Waals surface area contributed by atoms with Crippen LogP contribution >= 0.6 is 0 Å². The highest BCUT2D eigenvalue weighted by atomic mass is 28.3. The number of ether oxygens (including phenoxy) is 1. The summed E-state index contributed by atoms with van der Waals surface area (Å²) in [4.78, 5) is 12.5. The van der Waals surface area contributed by atoms with E-state index in [1.807, 2.05) is 24.3 Å². The van der Waals surface area contributed by atoms with Gasteiger partial charge in [-0.2, -0.15) is 0 Å². The van der Waals surface area contributed by atoms with Gasteiger partial charge >= 0.3 is 5.97 Å². The molecule has 0 amide bonds. The highest BCUT2D eigenvalue weighted by Gasteiger charge is 2.33. The van der Waals surface area contributed by atoms with Crippen molar-refractivity contribution in [3.8, 4) is 0 Å². The van der Waals surface area contributed by atoms with E-state index in [1.165, 1.54) is 12.3 Å². The van der Waals surface area contributed by atoms with Crippen LogP contribution in [0.5, 0.6) is 0 Å². The molecule has 0 N–H and O–H groups in total. The van der Waals surface area contributed by atoms with Gasteiger partial charge < -0.3 is 4.74 Å². The number of allylic oxidation sites excluding steroid dienone is 1. The first kappa shape index (κ1) is 18.0. The molecule has 2 rings (SSSR count). The highest BCUT2D eigenvalue weighted by Crippen LogP contribution is 2.31. The summed E-state index contributed by atoms with van der Waals surface area (Å²) in [7, 11) is -0.662. The molecule has 0 radical (unpaired) electrons. The summed E-state index contributed by atoms with van der Waals surface area (Å²) in [6, 6.07) is 20.6. The molecule has 0 bridgehead atoms. The van der Waals surface area contributed by atoms with E-state index < -0.39 is 8.07 Å². The van der Waals surface area contributed by atoms with E-state index in [4.69, 9.17) is 4.74 Å². The molecule has 2 nitrogen and oxygen atoms in total. The van der Waals surface area contributed by atoms with E-state index >= 15 is 0 Å². The molecule has 0 saturated heterocycles. The maximum absolute atomic E-state index is 12.5. The minimum Gasteiger partial charge on any atom is -0.466 e. The Morgan fingerprint density at radius 1 is 1.04 bits per heavy atom. The summed E-state index contributed by atoms with van der Waals surface area (Å²) in [6.45, 7) is 8.37. The molecular formula is C21H24O2Si. The van der Waals surface area contributed by atoms with Crippen molar-refractivity contribution in [1.82, 2.24) is 0 Å². The molecule has 0 atom stereocenters. The van der Waals surface area contributed by atoms with Crippen LogP contribution in [0.25, 0.3) is 5.20 Å². The molecule has 0 saturated carbocycles. The average molecular weight is 337 g/mol. The first-order valence-corrected chi connectivity index (χ1v) is 11.1. The molecule has 0 spiro atoms. The first-order chi connectivity index (χ1) is 11.5. The summed E-state index contributed by atoms with van der Waals surface area (Å²) in [5.74, 6) is -0.273. The van der Waals surface area contributed by atoms with E-state index in [-0.39, 0.29) is 5.97 Å². The SMILES string of the molecule is C=CC/C(C(=O)OC)=C(\c1ccccc1)[Si](C)(C)c1ccccc1. The van der Waals surface area contributed by atoms with Crippen molar-refractivity contribution >= 4 is 24.4 Å². The van der Waals surface area contributed by atoms with Gasteiger partial charge in [0.25, 0.3) is 0 Å². The van der Waals surface area contributed by atoms with Gasteiger partial charge in [-0.1, -0.05) is 85.0 Å². The zero-order chi connectivity index (χ0) is 17.6. The van der Waals surface area contributed by atoms with Crippen LogP contribution in [-0.2, 0) is 9.53 Å². The molecule has 3 heteroatoms. The van der Waals surface area contributed by atoms with Crippen molar-refractivity contribution in [2.75, 3.05) is 7.11 Å². The molecule has 0 fully saturated rings. The maximum atomic E-state index is 12.5. The Morgan fingerprint density at radius 3 is 2.08 bits per heavy atom. The van der Waals surface area contributed by atoms with Gasteiger partial charge in [-0.25, -0.2) is 4.79 Å². The third-order valence-electron chi connectivity index (χ3n) is 4.26. The van der Waals surface area contributed by atoms with Gasteiger partial charge in [0.2, 0.25) is 0 Å². The predicted molar refractivity (Wildman–Crippen MR) is 104 cm³/mol. The van der Waals surface area contributed by atoms with Crippen LogP contribution in [0.15, 0.2) is 78.9 Å². The Morgan fingerprint density at radius 2 is 1.58 bits per heavy atom. The Kier molecular flexibility index (Phi) is 5.93. The largest absolute Gasteiger partial charge is 0.466 e. The first-order valence-electron chi connectivity index (χ1n) is 8.06. The quantitative estimate of drug-likeness (QED) is 0.339. The van der Waals surface area contributed by atoms with Gasteiger partial charge in [0.05, 0.1) is 7.11 Å². The van der Waals surface area contributed by atoms with E-state index in [1.54, 1.807) is 6.08 Å². The fourth-order valence-electron chi connectivity index (χ4n) is 3.07. The topological polar surface area (TPSA) is 26.3 Å². The van der Waals surface area contributed by atoms with Crippen molar-refractivity contribution in [2.45, 2.75) is 19.5 Å². The van der Waals surface area contributed by atoms with Crippen LogP contribution in [0, 0.1) is 0 Å². The Hall–Kier alpha value is -2.39. The number of carbonyl (C=O) groups is 1. The Balaban J connectivity index is 2.76. The van der Waals surface area contributed by atoms with Gasteiger partial charge in [-0.15, -0.1) is 6.58 Å².